The van der Waals surface area contributed by atoms with E-state index in [4.69, 9.17) is 4.74 Å². The van der Waals surface area contributed by atoms with E-state index in [9.17, 15) is 9.59 Å². The van der Waals surface area contributed by atoms with E-state index in [2.05, 4.69) is 10.4 Å². The number of hydrogen-bond donors (Lipinski definition) is 1. The van der Waals surface area contributed by atoms with E-state index in [1.54, 1.807) is 45.6 Å². The number of aryl methyl sites for hydroxylation is 2. The Balaban J connectivity index is 2.52. The number of aromatic nitrogens is 2. The number of carbonyl (C=O) groups is 2. The highest BCUT2D eigenvalue weighted by molar-refractivity contribution is 5.98. The van der Waals surface area contributed by atoms with Gasteiger partial charge in [-0.15, -0.1) is 0 Å². The molecule has 18 heavy (non-hydrogen) atoms. The van der Waals surface area contributed by atoms with E-state index >= 15 is 0 Å². The van der Waals surface area contributed by atoms with Gasteiger partial charge in [0.25, 0.3) is 0 Å². The predicted molar refractivity (Wildman–Crippen MR) is 66.5 cm³/mol. The molecule has 0 atom stereocenters. The minimum absolute atomic E-state index is 0.118. The first-order valence-electron chi connectivity index (χ1n) is 5.69. The number of rotatable bonds is 3. The molecule has 1 heterocycles. The number of nitrogens with zero attached hydrogens (tertiary/aromatic N) is 2. The molecule has 1 rings (SSSR count). The van der Waals surface area contributed by atoms with Crippen molar-refractivity contribution in [3.63, 3.8) is 0 Å². The Morgan fingerprint density at radius 2 is 2.06 bits per heavy atom. The van der Waals surface area contributed by atoms with Crippen molar-refractivity contribution in [3.05, 3.63) is 17.5 Å². The number of hydrogen-bond acceptors (Lipinski definition) is 4. The first-order valence-corrected chi connectivity index (χ1v) is 5.69. The van der Waals surface area contributed by atoms with Crippen LogP contribution in [-0.2, 0) is 11.8 Å². The van der Waals surface area contributed by atoms with Crippen molar-refractivity contribution in [3.8, 4) is 0 Å². The number of nitrogens with one attached hydrogen (secondary N) is 1. The third-order valence-electron chi connectivity index (χ3n) is 2.07. The number of carbonyl (C=O) groups excluding carboxylic acids is 2. The summed E-state index contributed by atoms with van der Waals surface area (Å²) >= 11 is 0. The smallest absolute Gasteiger partial charge is 0.408 e. The van der Waals surface area contributed by atoms with Gasteiger partial charge in [-0.25, -0.2) is 4.79 Å². The molecule has 0 fully saturated rings. The van der Waals surface area contributed by atoms with Gasteiger partial charge in [-0.2, -0.15) is 5.10 Å². The second kappa shape index (κ2) is 5.20. The van der Waals surface area contributed by atoms with Crippen molar-refractivity contribution in [1.82, 2.24) is 15.1 Å². The lowest BCUT2D eigenvalue weighted by molar-refractivity contribution is 0.0520. The highest BCUT2D eigenvalue weighted by atomic mass is 16.6. The monoisotopic (exact) mass is 253 g/mol. The van der Waals surface area contributed by atoms with Crippen molar-refractivity contribution in [2.45, 2.75) is 33.3 Å². The first-order chi connectivity index (χ1) is 8.19. The first kappa shape index (κ1) is 14.2. The Morgan fingerprint density at radius 1 is 1.44 bits per heavy atom. The van der Waals surface area contributed by atoms with Gasteiger partial charge >= 0.3 is 6.09 Å². The van der Waals surface area contributed by atoms with Gasteiger partial charge in [-0.3, -0.25) is 9.48 Å². The fraction of sp³-hybridized carbons (Fsp3) is 0.583. The van der Waals surface area contributed by atoms with Crippen molar-refractivity contribution in [2.24, 2.45) is 7.05 Å². The summed E-state index contributed by atoms with van der Waals surface area (Å²) < 4.78 is 6.60. The molecule has 0 aliphatic heterocycles. The minimum atomic E-state index is -0.607. The average Bonchev–Trinajstić information content (AvgIpc) is 2.52. The second-order valence-corrected chi connectivity index (χ2v) is 5.11. The molecular formula is C12H19N3O3. The van der Waals surface area contributed by atoms with Crippen LogP contribution in [0.5, 0.6) is 0 Å². The van der Waals surface area contributed by atoms with Gasteiger partial charge in [0, 0.05) is 13.2 Å². The van der Waals surface area contributed by atoms with Crippen LogP contribution in [0.2, 0.25) is 0 Å². The maximum absolute atomic E-state index is 11.8. The van der Waals surface area contributed by atoms with E-state index in [0.717, 1.165) is 5.56 Å². The van der Waals surface area contributed by atoms with Gasteiger partial charge in [-0.05, 0) is 33.3 Å². The molecule has 0 bridgehead atoms. The molecule has 100 valence electrons. The maximum Gasteiger partial charge on any atom is 0.408 e. The predicted octanol–water partition coefficient (Wildman–Crippen LogP) is 1.44. The van der Waals surface area contributed by atoms with Gasteiger partial charge in [0.05, 0.1) is 6.54 Å². The van der Waals surface area contributed by atoms with Gasteiger partial charge in [0.1, 0.15) is 11.3 Å². The number of alkyl carbamates (subject to hydrolysis) is 1. The van der Waals surface area contributed by atoms with E-state index in [1.165, 1.54) is 0 Å². The normalized spacial score (nSPS) is 11.2. The van der Waals surface area contributed by atoms with Crippen LogP contribution in [-0.4, -0.2) is 33.8 Å². The summed E-state index contributed by atoms with van der Waals surface area (Å²) in [5, 5.41) is 6.45. The van der Waals surface area contributed by atoms with Crippen LogP contribution in [0.1, 0.15) is 36.8 Å². The fourth-order valence-corrected chi connectivity index (χ4v) is 1.43. The van der Waals surface area contributed by atoms with Crippen molar-refractivity contribution >= 4 is 11.9 Å². The van der Waals surface area contributed by atoms with Crippen molar-refractivity contribution in [1.29, 1.82) is 0 Å². The molecule has 6 nitrogen and oxygen atoms in total. The van der Waals surface area contributed by atoms with Crippen LogP contribution >= 0.6 is 0 Å². The quantitative estimate of drug-likeness (QED) is 0.827. The summed E-state index contributed by atoms with van der Waals surface area (Å²) in [5.74, 6) is -0.237. The molecule has 1 aromatic heterocycles. The number of ketones is 1. The molecule has 0 saturated carbocycles. The molecule has 1 aromatic rings. The summed E-state index contributed by atoms with van der Waals surface area (Å²) in [6.07, 6.45) is 1.14. The Morgan fingerprint density at radius 3 is 2.50 bits per heavy atom. The van der Waals surface area contributed by atoms with Crippen molar-refractivity contribution < 1.29 is 14.3 Å². The summed E-state index contributed by atoms with van der Waals surface area (Å²) in [4.78, 5) is 23.2. The molecule has 0 spiro atoms. The zero-order valence-electron chi connectivity index (χ0n) is 11.4. The summed E-state index contributed by atoms with van der Waals surface area (Å²) in [7, 11) is 1.74. The van der Waals surface area contributed by atoms with Gasteiger partial charge in [0.2, 0.25) is 5.78 Å². The number of ether oxygens (including phenoxy) is 1. The molecule has 1 N–H and O–H groups in total. The maximum atomic E-state index is 11.8. The van der Waals surface area contributed by atoms with Crippen LogP contribution in [0.25, 0.3) is 0 Å². The highest BCUT2D eigenvalue weighted by Crippen LogP contribution is 2.07. The lowest BCUT2D eigenvalue weighted by atomic mass is 10.2. The lowest BCUT2D eigenvalue weighted by Crippen LogP contribution is -2.35. The zero-order valence-corrected chi connectivity index (χ0v) is 11.4. The number of Topliss-reactive ketones (excluding diaryl/α,β-unsaturated/α-hetero) is 1. The largest absolute Gasteiger partial charge is 0.444 e. The summed E-state index contributed by atoms with van der Waals surface area (Å²) in [6.45, 7) is 6.96. The Kier molecular flexibility index (Phi) is 4.11. The molecular weight excluding hydrogens is 234 g/mol. The molecule has 0 saturated heterocycles. The van der Waals surface area contributed by atoms with Crippen LogP contribution in [0, 0.1) is 6.92 Å². The third-order valence-corrected chi connectivity index (χ3v) is 2.07. The minimum Gasteiger partial charge on any atom is -0.444 e. The topological polar surface area (TPSA) is 73.2 Å². The molecule has 0 unspecified atom stereocenters. The summed E-state index contributed by atoms with van der Waals surface area (Å²) in [5.41, 5.74) is 0.579. The fourth-order valence-electron chi connectivity index (χ4n) is 1.43. The van der Waals surface area contributed by atoms with E-state index in [0.29, 0.717) is 5.69 Å². The molecule has 0 aromatic carbocycles. The van der Waals surface area contributed by atoms with E-state index in [-0.39, 0.29) is 12.3 Å². The summed E-state index contributed by atoms with van der Waals surface area (Å²) in [6, 6.07) is 0. The lowest BCUT2D eigenvalue weighted by Gasteiger charge is -2.19. The molecule has 0 radical (unpaired) electrons. The van der Waals surface area contributed by atoms with Crippen LogP contribution < -0.4 is 5.32 Å². The Bertz CT molecular complexity index is 458. The Labute approximate surface area is 106 Å². The van der Waals surface area contributed by atoms with Gasteiger partial charge in [-0.1, -0.05) is 0 Å². The van der Waals surface area contributed by atoms with Crippen LogP contribution in [0.4, 0.5) is 4.79 Å². The average molecular weight is 253 g/mol. The van der Waals surface area contributed by atoms with Crippen molar-refractivity contribution in [2.75, 3.05) is 6.54 Å². The Hall–Kier alpha value is -1.85. The van der Waals surface area contributed by atoms with E-state index in [1.807, 2.05) is 0 Å². The third kappa shape index (κ3) is 4.20. The zero-order chi connectivity index (χ0) is 13.9. The molecule has 0 aliphatic rings. The van der Waals surface area contributed by atoms with E-state index < -0.39 is 11.7 Å². The van der Waals surface area contributed by atoms with Gasteiger partial charge < -0.3 is 10.1 Å². The highest BCUT2D eigenvalue weighted by Gasteiger charge is 2.18. The standard InChI is InChI=1S/C12H19N3O3/c1-8-7-15(5)14-10(8)9(16)6-13-11(17)18-12(2,3)4/h7H,6H2,1-5H3,(H,13,17). The SMILES string of the molecule is Cc1cn(C)nc1C(=O)CNC(=O)OC(C)(C)C. The molecule has 0 aliphatic carbocycles. The molecule has 1 amide bonds. The van der Waals surface area contributed by atoms with Crippen LogP contribution in [0.15, 0.2) is 6.20 Å². The van der Waals surface area contributed by atoms with Crippen LogP contribution in [0.3, 0.4) is 0 Å². The second-order valence-electron chi connectivity index (χ2n) is 5.11. The van der Waals surface area contributed by atoms with Gasteiger partial charge in [0.15, 0.2) is 0 Å². The molecule has 6 heteroatoms. The number of amides is 1.